The molecule has 1 amide bonds. The van der Waals surface area contributed by atoms with E-state index in [1.54, 1.807) is 12.1 Å². The van der Waals surface area contributed by atoms with Crippen molar-refractivity contribution in [1.82, 2.24) is 5.43 Å². The molecule has 0 heterocycles. The zero-order valence-corrected chi connectivity index (χ0v) is 12.0. The number of aryl methyl sites for hydroxylation is 2. The molecule has 102 valence electrons. The lowest BCUT2D eigenvalue weighted by Crippen LogP contribution is -2.19. The average molecular weight is 266 g/mol. The molecular formula is C17H18N2O. The Hall–Kier alpha value is -2.42. The van der Waals surface area contributed by atoms with Gasteiger partial charge < -0.3 is 0 Å². The summed E-state index contributed by atoms with van der Waals surface area (Å²) in [5, 5.41) is 4.18. The Morgan fingerprint density at radius 2 is 1.75 bits per heavy atom. The molecule has 0 aromatic heterocycles. The molecule has 1 N–H and O–H groups in total. The Bertz CT molecular complexity index is 645. The van der Waals surface area contributed by atoms with Gasteiger partial charge in [0, 0.05) is 11.1 Å². The third-order valence-electron chi connectivity index (χ3n) is 3.13. The Kier molecular flexibility index (Phi) is 4.31. The molecule has 20 heavy (non-hydrogen) atoms. The van der Waals surface area contributed by atoms with Gasteiger partial charge in [0.1, 0.15) is 0 Å². The zero-order valence-electron chi connectivity index (χ0n) is 12.0. The average Bonchev–Trinajstić information content (AvgIpc) is 2.45. The van der Waals surface area contributed by atoms with Crippen LogP contribution in [0.4, 0.5) is 0 Å². The minimum absolute atomic E-state index is 0.199. The topological polar surface area (TPSA) is 41.5 Å². The van der Waals surface area contributed by atoms with E-state index >= 15 is 0 Å². The van der Waals surface area contributed by atoms with E-state index in [4.69, 9.17) is 0 Å². The van der Waals surface area contributed by atoms with Crippen molar-refractivity contribution in [2.75, 3.05) is 0 Å². The minimum Gasteiger partial charge on any atom is -0.267 e. The van der Waals surface area contributed by atoms with Crippen molar-refractivity contribution >= 4 is 11.6 Å². The van der Waals surface area contributed by atoms with Gasteiger partial charge >= 0.3 is 0 Å². The smallest absolute Gasteiger partial charge is 0.267 e. The van der Waals surface area contributed by atoms with E-state index in [9.17, 15) is 4.79 Å². The van der Waals surface area contributed by atoms with Crippen molar-refractivity contribution in [2.24, 2.45) is 5.10 Å². The van der Waals surface area contributed by atoms with Crippen LogP contribution in [-0.4, -0.2) is 11.6 Å². The number of hydrazone groups is 1. The molecule has 0 fully saturated rings. The van der Waals surface area contributed by atoms with E-state index in [0.717, 1.165) is 16.8 Å². The van der Waals surface area contributed by atoms with Crippen molar-refractivity contribution in [3.63, 3.8) is 0 Å². The normalized spacial score (nSPS) is 11.2. The van der Waals surface area contributed by atoms with Crippen molar-refractivity contribution in [1.29, 1.82) is 0 Å². The van der Waals surface area contributed by atoms with Crippen LogP contribution in [0.15, 0.2) is 53.6 Å². The van der Waals surface area contributed by atoms with Gasteiger partial charge in [0.25, 0.3) is 5.91 Å². The molecule has 2 aromatic carbocycles. The van der Waals surface area contributed by atoms with Crippen LogP contribution in [0.1, 0.15) is 34.0 Å². The second-order valence-corrected chi connectivity index (χ2v) is 4.82. The standard InChI is InChI=1S/C17H18N2O/c1-12-9-10-16(13(2)11-12)14(3)18-19-17(20)15-7-5-4-6-8-15/h4-11H,1-3H3,(H,19,20)/b18-14+. The van der Waals surface area contributed by atoms with Gasteiger partial charge in [-0.25, -0.2) is 5.43 Å². The molecule has 0 atom stereocenters. The van der Waals surface area contributed by atoms with Gasteiger partial charge in [-0.15, -0.1) is 0 Å². The van der Waals surface area contributed by atoms with Crippen LogP contribution in [-0.2, 0) is 0 Å². The molecule has 3 nitrogen and oxygen atoms in total. The molecule has 0 aliphatic carbocycles. The zero-order chi connectivity index (χ0) is 14.5. The van der Waals surface area contributed by atoms with Crippen LogP contribution in [0.3, 0.4) is 0 Å². The molecule has 2 rings (SSSR count). The predicted octanol–water partition coefficient (Wildman–Crippen LogP) is 3.46. The Labute approximate surface area is 119 Å². The summed E-state index contributed by atoms with van der Waals surface area (Å²) in [4.78, 5) is 11.9. The number of carbonyl (C=O) groups excluding carboxylic acids is 1. The van der Waals surface area contributed by atoms with Gasteiger partial charge in [0.2, 0.25) is 0 Å². The molecule has 0 saturated carbocycles. The van der Waals surface area contributed by atoms with Crippen molar-refractivity contribution in [3.8, 4) is 0 Å². The van der Waals surface area contributed by atoms with Gasteiger partial charge in [-0.05, 0) is 38.5 Å². The Morgan fingerprint density at radius 3 is 2.40 bits per heavy atom. The van der Waals surface area contributed by atoms with E-state index in [0.29, 0.717) is 5.56 Å². The maximum absolute atomic E-state index is 11.9. The lowest BCUT2D eigenvalue weighted by Gasteiger charge is -2.07. The first-order valence-electron chi connectivity index (χ1n) is 6.55. The van der Waals surface area contributed by atoms with Crippen molar-refractivity contribution in [3.05, 3.63) is 70.8 Å². The van der Waals surface area contributed by atoms with Crippen molar-refractivity contribution in [2.45, 2.75) is 20.8 Å². The van der Waals surface area contributed by atoms with E-state index in [-0.39, 0.29) is 5.91 Å². The minimum atomic E-state index is -0.199. The third kappa shape index (κ3) is 3.32. The summed E-state index contributed by atoms with van der Waals surface area (Å²) >= 11 is 0. The molecule has 0 aliphatic rings. The van der Waals surface area contributed by atoms with Gasteiger partial charge in [0.05, 0.1) is 5.71 Å². The van der Waals surface area contributed by atoms with E-state index in [2.05, 4.69) is 23.5 Å². The maximum atomic E-state index is 11.9. The highest BCUT2D eigenvalue weighted by molar-refractivity contribution is 6.01. The monoisotopic (exact) mass is 266 g/mol. The molecule has 0 spiro atoms. The fourth-order valence-corrected chi connectivity index (χ4v) is 2.07. The van der Waals surface area contributed by atoms with Crippen LogP contribution in [0.25, 0.3) is 0 Å². The predicted molar refractivity (Wildman–Crippen MR) is 82.0 cm³/mol. The molecule has 0 aliphatic heterocycles. The number of benzene rings is 2. The van der Waals surface area contributed by atoms with E-state index < -0.39 is 0 Å². The molecule has 2 aromatic rings. The quantitative estimate of drug-likeness (QED) is 0.671. The first-order chi connectivity index (χ1) is 9.58. The van der Waals surface area contributed by atoms with Crippen molar-refractivity contribution < 1.29 is 4.79 Å². The van der Waals surface area contributed by atoms with Crippen LogP contribution in [0, 0.1) is 13.8 Å². The first kappa shape index (κ1) is 14.0. The van der Waals surface area contributed by atoms with Gasteiger partial charge in [-0.1, -0.05) is 42.0 Å². The third-order valence-corrected chi connectivity index (χ3v) is 3.13. The van der Waals surface area contributed by atoms with Gasteiger partial charge in [0.15, 0.2) is 0 Å². The fraction of sp³-hybridized carbons (Fsp3) is 0.176. The first-order valence-corrected chi connectivity index (χ1v) is 6.55. The Balaban J connectivity index is 2.13. The molecule has 0 bridgehead atoms. The number of hydrogen-bond donors (Lipinski definition) is 1. The van der Waals surface area contributed by atoms with Crippen LogP contribution >= 0.6 is 0 Å². The molecule has 0 unspecified atom stereocenters. The van der Waals surface area contributed by atoms with Crippen LogP contribution < -0.4 is 5.43 Å². The molecule has 3 heteroatoms. The van der Waals surface area contributed by atoms with E-state index in [1.807, 2.05) is 44.2 Å². The fourth-order valence-electron chi connectivity index (χ4n) is 2.07. The van der Waals surface area contributed by atoms with Gasteiger partial charge in [-0.2, -0.15) is 5.10 Å². The highest BCUT2D eigenvalue weighted by Crippen LogP contribution is 2.11. The number of hydrogen-bond acceptors (Lipinski definition) is 2. The number of amides is 1. The lowest BCUT2D eigenvalue weighted by molar-refractivity contribution is 0.0955. The summed E-state index contributed by atoms with van der Waals surface area (Å²) in [6.45, 7) is 5.99. The van der Waals surface area contributed by atoms with E-state index in [1.165, 1.54) is 5.56 Å². The summed E-state index contributed by atoms with van der Waals surface area (Å²) in [7, 11) is 0. The van der Waals surface area contributed by atoms with Crippen LogP contribution in [0.5, 0.6) is 0 Å². The second kappa shape index (κ2) is 6.15. The summed E-state index contributed by atoms with van der Waals surface area (Å²) in [6, 6.07) is 15.2. The summed E-state index contributed by atoms with van der Waals surface area (Å²) in [5.41, 5.74) is 7.40. The summed E-state index contributed by atoms with van der Waals surface area (Å²) in [5.74, 6) is -0.199. The lowest BCUT2D eigenvalue weighted by atomic mass is 10.0. The number of nitrogens with one attached hydrogen (secondary N) is 1. The summed E-state index contributed by atoms with van der Waals surface area (Å²) in [6.07, 6.45) is 0. The number of nitrogens with zero attached hydrogens (tertiary/aromatic N) is 1. The molecule has 0 saturated heterocycles. The van der Waals surface area contributed by atoms with Crippen LogP contribution in [0.2, 0.25) is 0 Å². The summed E-state index contributed by atoms with van der Waals surface area (Å²) < 4.78 is 0. The maximum Gasteiger partial charge on any atom is 0.271 e. The highest BCUT2D eigenvalue weighted by atomic mass is 16.2. The number of carbonyl (C=O) groups is 1. The molecular weight excluding hydrogens is 248 g/mol. The SMILES string of the molecule is C/C(=N\NC(=O)c1ccccc1)c1ccc(C)cc1C. The largest absolute Gasteiger partial charge is 0.271 e. The highest BCUT2D eigenvalue weighted by Gasteiger charge is 2.05. The Morgan fingerprint density at radius 1 is 1.05 bits per heavy atom. The number of rotatable bonds is 3. The molecule has 0 radical (unpaired) electrons. The van der Waals surface area contributed by atoms with Gasteiger partial charge in [-0.3, -0.25) is 4.79 Å². The second-order valence-electron chi connectivity index (χ2n) is 4.82.